The third-order valence-corrected chi connectivity index (χ3v) is 3.43. The van der Waals surface area contributed by atoms with Crippen LogP contribution in [-0.2, 0) is 0 Å². The third-order valence-electron chi connectivity index (χ3n) is 2.65. The molecule has 1 heterocycles. The van der Waals surface area contributed by atoms with Crippen LogP contribution >= 0.6 is 15.9 Å². The van der Waals surface area contributed by atoms with Crippen LogP contribution in [-0.4, -0.2) is 27.5 Å². The minimum absolute atomic E-state index is 0.0677. The zero-order valence-electron chi connectivity index (χ0n) is 10.3. The van der Waals surface area contributed by atoms with E-state index in [4.69, 9.17) is 4.74 Å². The molecule has 0 spiro atoms. The first kappa shape index (κ1) is 15.5. The van der Waals surface area contributed by atoms with Gasteiger partial charge in [-0.2, -0.15) is 13.2 Å². The Bertz CT molecular complexity index is 678. The molecule has 1 aromatic heterocycles. The van der Waals surface area contributed by atoms with Crippen LogP contribution < -0.4 is 4.74 Å². The minimum Gasteiger partial charge on any atom is -0.491 e. The minimum atomic E-state index is -4.44. The molecule has 0 bridgehead atoms. The number of hydrogen-bond acceptors (Lipinski definition) is 4. The van der Waals surface area contributed by atoms with Crippen molar-refractivity contribution >= 4 is 32.5 Å². The number of hydrogen-bond donors (Lipinski definition) is 0. The van der Waals surface area contributed by atoms with Crippen LogP contribution in [0.1, 0.15) is 0 Å². The highest BCUT2D eigenvalue weighted by Crippen LogP contribution is 2.33. The van der Waals surface area contributed by atoms with E-state index < -0.39 is 22.5 Å². The SMILES string of the molecule is O=[N+]([O-])c1ccc(OCC(Br)C(F)(F)F)c2cccnc12. The van der Waals surface area contributed by atoms with Gasteiger partial charge in [0.1, 0.15) is 17.2 Å². The summed E-state index contributed by atoms with van der Waals surface area (Å²) in [5, 5.41) is 11.2. The number of fused-ring (bicyclic) bond motifs is 1. The lowest BCUT2D eigenvalue weighted by Crippen LogP contribution is -2.28. The Labute approximate surface area is 125 Å². The molecule has 0 aliphatic rings. The van der Waals surface area contributed by atoms with Crippen LogP contribution in [0.4, 0.5) is 18.9 Å². The summed E-state index contributed by atoms with van der Waals surface area (Å²) in [5.41, 5.74) is -0.165. The number of nitro groups is 1. The lowest BCUT2D eigenvalue weighted by Gasteiger charge is -2.15. The summed E-state index contributed by atoms with van der Waals surface area (Å²) in [7, 11) is 0. The number of nitro benzene ring substituents is 1. The molecule has 2 aromatic rings. The lowest BCUT2D eigenvalue weighted by molar-refractivity contribution is -0.383. The molecule has 2 rings (SSSR count). The second kappa shape index (κ2) is 5.84. The topological polar surface area (TPSA) is 65.3 Å². The third kappa shape index (κ3) is 3.41. The highest BCUT2D eigenvalue weighted by molar-refractivity contribution is 9.09. The largest absolute Gasteiger partial charge is 0.491 e. The van der Waals surface area contributed by atoms with Gasteiger partial charge in [-0.1, -0.05) is 15.9 Å². The average Bonchev–Trinajstić information content (AvgIpc) is 2.42. The standard InChI is InChI=1S/C12H8BrF3N2O3/c13-10(12(14,15)16)6-21-9-4-3-8(18(19)20)11-7(9)2-1-5-17-11/h1-5,10H,6H2. The molecule has 0 N–H and O–H groups in total. The Balaban J connectivity index is 2.34. The van der Waals surface area contributed by atoms with Gasteiger partial charge >= 0.3 is 6.18 Å². The zero-order valence-corrected chi connectivity index (χ0v) is 11.9. The fourth-order valence-electron chi connectivity index (χ4n) is 1.66. The van der Waals surface area contributed by atoms with Gasteiger partial charge in [-0.3, -0.25) is 10.1 Å². The van der Waals surface area contributed by atoms with Crippen LogP contribution in [0.2, 0.25) is 0 Å². The van der Waals surface area contributed by atoms with Gasteiger partial charge in [0.25, 0.3) is 5.69 Å². The maximum Gasteiger partial charge on any atom is 0.404 e. The van der Waals surface area contributed by atoms with E-state index >= 15 is 0 Å². The number of nitrogens with zero attached hydrogens (tertiary/aromatic N) is 2. The second-order valence-corrected chi connectivity index (χ2v) is 5.16. The van der Waals surface area contributed by atoms with Gasteiger partial charge in [-0.05, 0) is 18.2 Å². The van der Waals surface area contributed by atoms with E-state index in [1.807, 2.05) is 0 Å². The van der Waals surface area contributed by atoms with E-state index in [-0.39, 0.29) is 22.3 Å². The molecule has 0 saturated carbocycles. The number of halogens is 4. The molecule has 0 fully saturated rings. The number of ether oxygens (including phenoxy) is 1. The first-order valence-electron chi connectivity index (χ1n) is 5.66. The maximum atomic E-state index is 12.4. The summed E-state index contributed by atoms with van der Waals surface area (Å²) in [6.45, 7) is -0.648. The molecule has 0 radical (unpaired) electrons. The monoisotopic (exact) mass is 364 g/mol. The molecule has 5 nitrogen and oxygen atoms in total. The quantitative estimate of drug-likeness (QED) is 0.469. The van der Waals surface area contributed by atoms with Gasteiger partial charge in [-0.15, -0.1) is 0 Å². The van der Waals surface area contributed by atoms with E-state index in [0.29, 0.717) is 0 Å². The van der Waals surface area contributed by atoms with E-state index in [1.54, 1.807) is 0 Å². The number of benzene rings is 1. The Morgan fingerprint density at radius 1 is 1.38 bits per heavy atom. The fraction of sp³-hybridized carbons (Fsp3) is 0.250. The first-order valence-corrected chi connectivity index (χ1v) is 6.58. The van der Waals surface area contributed by atoms with Crippen molar-refractivity contribution in [1.29, 1.82) is 0 Å². The van der Waals surface area contributed by atoms with Crippen molar-refractivity contribution in [2.75, 3.05) is 6.61 Å². The van der Waals surface area contributed by atoms with E-state index in [9.17, 15) is 23.3 Å². The van der Waals surface area contributed by atoms with Crippen molar-refractivity contribution in [2.24, 2.45) is 0 Å². The van der Waals surface area contributed by atoms with Crippen molar-refractivity contribution < 1.29 is 22.8 Å². The lowest BCUT2D eigenvalue weighted by atomic mass is 10.1. The van der Waals surface area contributed by atoms with Crippen molar-refractivity contribution in [3.8, 4) is 5.75 Å². The molecular weight excluding hydrogens is 357 g/mol. The van der Waals surface area contributed by atoms with Gasteiger partial charge in [0.05, 0.1) is 4.92 Å². The van der Waals surface area contributed by atoms with Gasteiger partial charge in [0.2, 0.25) is 0 Å². The summed E-state index contributed by atoms with van der Waals surface area (Å²) in [4.78, 5) is 12.3. The van der Waals surface area contributed by atoms with E-state index in [1.165, 1.54) is 24.4 Å². The number of pyridine rings is 1. The zero-order chi connectivity index (χ0) is 15.6. The van der Waals surface area contributed by atoms with Crippen molar-refractivity contribution in [2.45, 2.75) is 11.0 Å². The van der Waals surface area contributed by atoms with Crippen LogP contribution in [0, 0.1) is 10.1 Å². The molecule has 21 heavy (non-hydrogen) atoms. The number of aromatic nitrogens is 1. The van der Waals surface area contributed by atoms with Crippen molar-refractivity contribution in [3.63, 3.8) is 0 Å². The number of alkyl halides is 4. The number of rotatable bonds is 4. The Morgan fingerprint density at radius 2 is 2.10 bits per heavy atom. The van der Waals surface area contributed by atoms with Crippen LogP contribution in [0.3, 0.4) is 0 Å². The molecule has 0 amide bonds. The van der Waals surface area contributed by atoms with Crippen LogP contribution in [0.5, 0.6) is 5.75 Å². The van der Waals surface area contributed by atoms with Crippen LogP contribution in [0.25, 0.3) is 10.9 Å². The molecule has 1 aromatic carbocycles. The summed E-state index contributed by atoms with van der Waals surface area (Å²) in [6, 6.07) is 5.44. The van der Waals surface area contributed by atoms with Gasteiger partial charge in [0.15, 0.2) is 5.52 Å². The average molecular weight is 365 g/mol. The maximum absolute atomic E-state index is 12.4. The van der Waals surface area contributed by atoms with E-state index in [2.05, 4.69) is 20.9 Å². The highest BCUT2D eigenvalue weighted by Gasteiger charge is 2.38. The smallest absolute Gasteiger partial charge is 0.404 e. The Hall–Kier alpha value is -1.90. The predicted octanol–water partition coefficient (Wildman–Crippen LogP) is 3.85. The Kier molecular flexibility index (Phi) is 4.31. The number of non-ortho nitro benzene ring substituents is 1. The van der Waals surface area contributed by atoms with Crippen molar-refractivity contribution in [3.05, 3.63) is 40.6 Å². The summed E-state index contributed by atoms with van der Waals surface area (Å²) >= 11 is 2.48. The fourth-order valence-corrected chi connectivity index (χ4v) is 1.79. The molecular formula is C12H8BrF3N2O3. The molecule has 0 aliphatic carbocycles. The molecule has 1 unspecified atom stereocenters. The predicted molar refractivity (Wildman–Crippen MR) is 72.7 cm³/mol. The van der Waals surface area contributed by atoms with E-state index in [0.717, 1.165) is 6.07 Å². The van der Waals surface area contributed by atoms with Gasteiger partial charge in [0, 0.05) is 17.6 Å². The summed E-state index contributed by atoms with van der Waals surface area (Å²) in [5.74, 6) is 0.109. The summed E-state index contributed by atoms with van der Waals surface area (Å²) in [6.07, 6.45) is -3.07. The Morgan fingerprint density at radius 3 is 2.71 bits per heavy atom. The van der Waals surface area contributed by atoms with Gasteiger partial charge < -0.3 is 4.74 Å². The molecule has 112 valence electrons. The first-order chi connectivity index (χ1) is 9.80. The van der Waals surface area contributed by atoms with Gasteiger partial charge in [-0.25, -0.2) is 4.98 Å². The molecule has 0 aliphatic heterocycles. The second-order valence-electron chi connectivity index (χ2n) is 4.06. The molecule has 1 atom stereocenters. The molecule has 0 saturated heterocycles. The summed E-state index contributed by atoms with van der Waals surface area (Å²) < 4.78 is 42.3. The normalized spacial score (nSPS) is 13.1. The highest BCUT2D eigenvalue weighted by atomic mass is 79.9. The van der Waals surface area contributed by atoms with Crippen molar-refractivity contribution in [1.82, 2.24) is 4.98 Å². The van der Waals surface area contributed by atoms with Crippen LogP contribution in [0.15, 0.2) is 30.5 Å². The molecule has 9 heteroatoms.